The molecule has 0 aliphatic carbocycles. The van der Waals surface area contributed by atoms with Gasteiger partial charge in [0.2, 0.25) is 0 Å². The smallest absolute Gasteiger partial charge is 0.129 e. The summed E-state index contributed by atoms with van der Waals surface area (Å²) in [4.78, 5) is 0. The van der Waals surface area contributed by atoms with Gasteiger partial charge in [-0.05, 0) is 23.3 Å². The zero-order chi connectivity index (χ0) is 13.9. The predicted octanol–water partition coefficient (Wildman–Crippen LogP) is 2.18. The van der Waals surface area contributed by atoms with Gasteiger partial charge in [-0.3, -0.25) is 0 Å². The maximum Gasteiger partial charge on any atom is 0.129 e. The van der Waals surface area contributed by atoms with Crippen LogP contribution >= 0.6 is 0 Å². The molecule has 1 atom stereocenters. The number of aliphatic hydroxyl groups excluding tert-OH is 2. The highest BCUT2D eigenvalue weighted by molar-refractivity contribution is 5.44. The SMILES string of the molecule is OCc1ccc(COc2ccc3c(c2)OCC3O)cc1. The maximum atomic E-state index is 9.64. The van der Waals surface area contributed by atoms with E-state index in [1.165, 1.54) is 0 Å². The van der Waals surface area contributed by atoms with Gasteiger partial charge in [-0.25, -0.2) is 0 Å². The standard InChI is InChI=1S/C16H16O4/c17-8-11-1-3-12(4-2-11)9-19-13-5-6-14-15(18)10-20-16(14)7-13/h1-7,15,17-18H,8-10H2. The molecule has 104 valence electrons. The molecule has 2 aromatic rings. The second-order valence-electron chi connectivity index (χ2n) is 4.79. The average molecular weight is 272 g/mol. The molecule has 2 aromatic carbocycles. The molecule has 4 heteroatoms. The quantitative estimate of drug-likeness (QED) is 0.895. The van der Waals surface area contributed by atoms with Crippen LogP contribution < -0.4 is 9.47 Å². The molecule has 2 N–H and O–H groups in total. The summed E-state index contributed by atoms with van der Waals surface area (Å²) in [6, 6.07) is 13.1. The lowest BCUT2D eigenvalue weighted by Gasteiger charge is -2.08. The van der Waals surface area contributed by atoms with Crippen LogP contribution in [0, 0.1) is 0 Å². The number of rotatable bonds is 4. The first-order valence-electron chi connectivity index (χ1n) is 6.52. The fourth-order valence-electron chi connectivity index (χ4n) is 2.17. The third-order valence-electron chi connectivity index (χ3n) is 3.35. The summed E-state index contributed by atoms with van der Waals surface area (Å²) in [6.45, 7) is 0.806. The molecule has 0 amide bonds. The molecule has 0 fully saturated rings. The molecule has 20 heavy (non-hydrogen) atoms. The molecule has 1 heterocycles. The molecule has 1 aliphatic rings. The summed E-state index contributed by atoms with van der Waals surface area (Å²) in [7, 11) is 0. The van der Waals surface area contributed by atoms with E-state index in [-0.39, 0.29) is 6.61 Å². The van der Waals surface area contributed by atoms with Gasteiger partial charge in [-0.1, -0.05) is 24.3 Å². The third-order valence-corrected chi connectivity index (χ3v) is 3.35. The summed E-state index contributed by atoms with van der Waals surface area (Å²) in [5.74, 6) is 1.40. The van der Waals surface area contributed by atoms with Crippen molar-refractivity contribution in [3.05, 3.63) is 59.2 Å². The van der Waals surface area contributed by atoms with Gasteiger partial charge in [-0.15, -0.1) is 0 Å². The molecule has 1 unspecified atom stereocenters. The molecular formula is C16H16O4. The Morgan fingerprint density at radius 1 is 1.10 bits per heavy atom. The lowest BCUT2D eigenvalue weighted by atomic mass is 10.1. The van der Waals surface area contributed by atoms with E-state index in [4.69, 9.17) is 14.6 Å². The minimum Gasteiger partial charge on any atom is -0.490 e. The van der Waals surface area contributed by atoms with Crippen LogP contribution in [0.5, 0.6) is 11.5 Å². The Bertz CT molecular complexity index is 592. The van der Waals surface area contributed by atoms with Crippen molar-refractivity contribution in [1.29, 1.82) is 0 Å². The lowest BCUT2D eigenvalue weighted by molar-refractivity contribution is 0.140. The van der Waals surface area contributed by atoms with Gasteiger partial charge in [0, 0.05) is 11.6 Å². The van der Waals surface area contributed by atoms with Crippen molar-refractivity contribution in [3.63, 3.8) is 0 Å². The first kappa shape index (κ1) is 13.0. The summed E-state index contributed by atoms with van der Waals surface area (Å²) in [6.07, 6.45) is -0.537. The van der Waals surface area contributed by atoms with Gasteiger partial charge in [0.1, 0.15) is 30.8 Å². The second kappa shape index (κ2) is 5.53. The van der Waals surface area contributed by atoms with Crippen molar-refractivity contribution in [2.45, 2.75) is 19.3 Å². The van der Waals surface area contributed by atoms with Crippen molar-refractivity contribution in [2.75, 3.05) is 6.61 Å². The lowest BCUT2D eigenvalue weighted by Crippen LogP contribution is -1.97. The number of fused-ring (bicyclic) bond motifs is 1. The van der Waals surface area contributed by atoms with Crippen molar-refractivity contribution in [2.24, 2.45) is 0 Å². The van der Waals surface area contributed by atoms with E-state index in [9.17, 15) is 5.11 Å². The van der Waals surface area contributed by atoms with Crippen molar-refractivity contribution in [3.8, 4) is 11.5 Å². The minimum absolute atomic E-state index is 0.0472. The van der Waals surface area contributed by atoms with Crippen molar-refractivity contribution in [1.82, 2.24) is 0 Å². The van der Waals surface area contributed by atoms with Crippen LogP contribution in [0.3, 0.4) is 0 Å². The summed E-state index contributed by atoms with van der Waals surface area (Å²) < 4.78 is 11.1. The van der Waals surface area contributed by atoms with Crippen LogP contribution in [0.4, 0.5) is 0 Å². The fourth-order valence-corrected chi connectivity index (χ4v) is 2.17. The molecule has 0 aromatic heterocycles. The normalized spacial score (nSPS) is 16.6. The molecule has 0 radical (unpaired) electrons. The van der Waals surface area contributed by atoms with Gasteiger partial charge in [0.15, 0.2) is 0 Å². The Morgan fingerprint density at radius 2 is 1.85 bits per heavy atom. The van der Waals surface area contributed by atoms with Gasteiger partial charge in [0.05, 0.1) is 6.61 Å². The van der Waals surface area contributed by atoms with E-state index in [1.54, 1.807) is 6.07 Å². The summed E-state index contributed by atoms with van der Waals surface area (Å²) >= 11 is 0. The second-order valence-corrected chi connectivity index (χ2v) is 4.79. The maximum absolute atomic E-state index is 9.64. The Hall–Kier alpha value is -2.04. The fraction of sp³-hybridized carbons (Fsp3) is 0.250. The monoisotopic (exact) mass is 272 g/mol. The Morgan fingerprint density at radius 3 is 2.60 bits per heavy atom. The first-order valence-corrected chi connectivity index (χ1v) is 6.52. The van der Waals surface area contributed by atoms with E-state index in [0.29, 0.717) is 24.7 Å². The summed E-state index contributed by atoms with van der Waals surface area (Å²) in [5.41, 5.74) is 2.72. The van der Waals surface area contributed by atoms with Crippen molar-refractivity contribution < 1.29 is 19.7 Å². The Kier molecular flexibility index (Phi) is 3.58. The van der Waals surface area contributed by atoms with Crippen LogP contribution in [0.25, 0.3) is 0 Å². The topological polar surface area (TPSA) is 58.9 Å². The summed E-state index contributed by atoms with van der Waals surface area (Å²) in [5, 5.41) is 18.6. The molecule has 0 saturated heterocycles. The average Bonchev–Trinajstić information content (AvgIpc) is 2.87. The third kappa shape index (κ3) is 2.61. The molecule has 0 bridgehead atoms. The van der Waals surface area contributed by atoms with Crippen LogP contribution in [-0.4, -0.2) is 16.8 Å². The number of hydrogen-bond acceptors (Lipinski definition) is 4. The van der Waals surface area contributed by atoms with E-state index in [2.05, 4.69) is 0 Å². The Balaban J connectivity index is 1.66. The van der Waals surface area contributed by atoms with E-state index < -0.39 is 6.10 Å². The number of hydrogen-bond donors (Lipinski definition) is 2. The minimum atomic E-state index is -0.537. The molecule has 0 saturated carbocycles. The van der Waals surface area contributed by atoms with Gasteiger partial charge in [-0.2, -0.15) is 0 Å². The van der Waals surface area contributed by atoms with Gasteiger partial charge >= 0.3 is 0 Å². The highest BCUT2D eigenvalue weighted by Crippen LogP contribution is 2.35. The Labute approximate surface area is 117 Å². The molecule has 3 rings (SSSR count). The number of ether oxygens (including phenoxy) is 2. The van der Waals surface area contributed by atoms with E-state index in [1.807, 2.05) is 36.4 Å². The van der Waals surface area contributed by atoms with Crippen LogP contribution in [0.1, 0.15) is 22.8 Å². The first-order chi connectivity index (χ1) is 9.76. The van der Waals surface area contributed by atoms with Crippen LogP contribution in [0.2, 0.25) is 0 Å². The number of benzene rings is 2. The van der Waals surface area contributed by atoms with Crippen molar-refractivity contribution >= 4 is 0 Å². The zero-order valence-electron chi connectivity index (χ0n) is 11.0. The van der Waals surface area contributed by atoms with E-state index >= 15 is 0 Å². The molecule has 0 spiro atoms. The number of aliphatic hydroxyl groups is 2. The van der Waals surface area contributed by atoms with Gasteiger partial charge < -0.3 is 19.7 Å². The predicted molar refractivity (Wildman–Crippen MR) is 73.6 cm³/mol. The van der Waals surface area contributed by atoms with Crippen LogP contribution in [0.15, 0.2) is 42.5 Å². The molecule has 1 aliphatic heterocycles. The highest BCUT2D eigenvalue weighted by atomic mass is 16.5. The highest BCUT2D eigenvalue weighted by Gasteiger charge is 2.21. The molecule has 4 nitrogen and oxygen atoms in total. The van der Waals surface area contributed by atoms with E-state index in [0.717, 1.165) is 16.7 Å². The van der Waals surface area contributed by atoms with Gasteiger partial charge in [0.25, 0.3) is 0 Å². The zero-order valence-corrected chi connectivity index (χ0v) is 11.0. The van der Waals surface area contributed by atoms with Crippen LogP contribution in [-0.2, 0) is 13.2 Å². The molecular weight excluding hydrogens is 256 g/mol. The largest absolute Gasteiger partial charge is 0.490 e.